The monoisotopic (exact) mass is 306 g/mol. The molecule has 0 radical (unpaired) electrons. The summed E-state index contributed by atoms with van der Waals surface area (Å²) in [6, 6.07) is 4.83. The van der Waals surface area contributed by atoms with Crippen molar-refractivity contribution in [3.63, 3.8) is 0 Å². The molecule has 0 saturated carbocycles. The molecule has 0 bridgehead atoms. The number of thiophene rings is 1. The lowest BCUT2D eigenvalue weighted by Crippen LogP contribution is -2.42. The van der Waals surface area contributed by atoms with Gasteiger partial charge in [0, 0.05) is 17.8 Å². The van der Waals surface area contributed by atoms with Crippen LogP contribution in [0.15, 0.2) is 18.2 Å². The molecule has 1 fully saturated rings. The zero-order valence-corrected chi connectivity index (χ0v) is 13.0. The van der Waals surface area contributed by atoms with Gasteiger partial charge in [0.25, 0.3) is 5.91 Å². The van der Waals surface area contributed by atoms with Crippen LogP contribution in [0.25, 0.3) is 10.1 Å². The first-order valence-corrected chi connectivity index (χ1v) is 8.06. The number of carbonyl (C=O) groups is 1. The van der Waals surface area contributed by atoms with Crippen LogP contribution in [0.1, 0.15) is 29.9 Å². The van der Waals surface area contributed by atoms with Crippen LogP contribution in [0.2, 0.25) is 0 Å². The third kappa shape index (κ3) is 2.39. The van der Waals surface area contributed by atoms with Crippen molar-refractivity contribution in [3.8, 4) is 0 Å². The number of hydrogen-bond acceptors (Lipinski definition) is 3. The third-order valence-corrected chi connectivity index (χ3v) is 5.68. The molecule has 2 unspecified atom stereocenters. The molecule has 2 N–H and O–H groups in total. The van der Waals surface area contributed by atoms with Crippen LogP contribution in [0, 0.1) is 17.7 Å². The molecule has 1 aliphatic heterocycles. The zero-order valence-electron chi connectivity index (χ0n) is 12.2. The lowest BCUT2D eigenvalue weighted by Gasteiger charge is -2.35. The van der Waals surface area contributed by atoms with Crippen molar-refractivity contribution in [2.24, 2.45) is 11.8 Å². The fourth-order valence-corrected chi connectivity index (χ4v) is 3.98. The van der Waals surface area contributed by atoms with Crippen LogP contribution in [-0.2, 0) is 0 Å². The van der Waals surface area contributed by atoms with Gasteiger partial charge in [0.1, 0.15) is 10.7 Å². The number of hydrogen-bond donors (Lipinski definition) is 1. The highest BCUT2D eigenvalue weighted by Crippen LogP contribution is 2.36. The van der Waals surface area contributed by atoms with E-state index in [1.54, 1.807) is 12.1 Å². The van der Waals surface area contributed by atoms with Gasteiger partial charge in [0.15, 0.2) is 0 Å². The normalized spacial score (nSPS) is 22.7. The molecule has 3 rings (SSSR count). The number of amides is 1. The SMILES string of the molecule is CC1CCN(C(=O)c2sc3cccc(F)c3c2N)CC1C. The summed E-state index contributed by atoms with van der Waals surface area (Å²) in [7, 11) is 0. The summed E-state index contributed by atoms with van der Waals surface area (Å²) in [4.78, 5) is 15.0. The quantitative estimate of drug-likeness (QED) is 0.872. The molecule has 2 heterocycles. The highest BCUT2D eigenvalue weighted by molar-refractivity contribution is 7.21. The molecule has 1 saturated heterocycles. The van der Waals surface area contributed by atoms with E-state index in [9.17, 15) is 9.18 Å². The van der Waals surface area contributed by atoms with Crippen molar-refractivity contribution in [1.82, 2.24) is 4.90 Å². The molecule has 0 aliphatic carbocycles. The van der Waals surface area contributed by atoms with Crippen molar-refractivity contribution >= 4 is 33.0 Å². The Bertz CT molecular complexity index is 697. The van der Waals surface area contributed by atoms with E-state index < -0.39 is 0 Å². The lowest BCUT2D eigenvalue weighted by molar-refractivity contribution is 0.0633. The van der Waals surface area contributed by atoms with Crippen molar-refractivity contribution in [2.75, 3.05) is 18.8 Å². The van der Waals surface area contributed by atoms with E-state index in [2.05, 4.69) is 13.8 Å². The van der Waals surface area contributed by atoms with E-state index in [1.807, 2.05) is 4.90 Å². The largest absolute Gasteiger partial charge is 0.397 e. The van der Waals surface area contributed by atoms with Crippen LogP contribution in [0.5, 0.6) is 0 Å². The summed E-state index contributed by atoms with van der Waals surface area (Å²) in [5.41, 5.74) is 6.31. The molecule has 112 valence electrons. The lowest BCUT2D eigenvalue weighted by atomic mass is 9.88. The standard InChI is InChI=1S/C16H19FN2OS/c1-9-6-7-19(8-10(9)2)16(20)15-14(18)13-11(17)4-3-5-12(13)21-15/h3-5,9-10H,6-8,18H2,1-2H3. The molecule has 1 amide bonds. The summed E-state index contributed by atoms with van der Waals surface area (Å²) >= 11 is 1.29. The number of nitrogens with zero attached hydrogens (tertiary/aromatic N) is 1. The summed E-state index contributed by atoms with van der Waals surface area (Å²) in [6.45, 7) is 5.88. The predicted octanol–water partition coefficient (Wildman–Crippen LogP) is 3.74. The molecule has 3 nitrogen and oxygen atoms in total. The Morgan fingerprint density at radius 1 is 1.38 bits per heavy atom. The fraction of sp³-hybridized carbons (Fsp3) is 0.438. The Morgan fingerprint density at radius 2 is 2.14 bits per heavy atom. The molecular weight excluding hydrogens is 287 g/mol. The number of nitrogen functional groups attached to an aromatic ring is 1. The van der Waals surface area contributed by atoms with Gasteiger partial charge in [-0.15, -0.1) is 11.3 Å². The van der Waals surface area contributed by atoms with E-state index in [1.165, 1.54) is 17.4 Å². The molecule has 5 heteroatoms. The van der Waals surface area contributed by atoms with Crippen molar-refractivity contribution in [2.45, 2.75) is 20.3 Å². The number of halogens is 1. The second kappa shape index (κ2) is 5.30. The summed E-state index contributed by atoms with van der Waals surface area (Å²) in [5, 5.41) is 0.379. The van der Waals surface area contributed by atoms with Crippen LogP contribution < -0.4 is 5.73 Å². The number of fused-ring (bicyclic) bond motifs is 1. The Morgan fingerprint density at radius 3 is 2.81 bits per heavy atom. The van der Waals surface area contributed by atoms with Gasteiger partial charge in [-0.1, -0.05) is 19.9 Å². The summed E-state index contributed by atoms with van der Waals surface area (Å²) in [5.74, 6) is 0.689. The van der Waals surface area contributed by atoms with Gasteiger partial charge < -0.3 is 10.6 Å². The number of benzene rings is 1. The fourth-order valence-electron chi connectivity index (χ4n) is 2.88. The van der Waals surface area contributed by atoms with E-state index in [0.717, 1.165) is 24.2 Å². The first-order chi connectivity index (χ1) is 9.99. The molecule has 2 aromatic rings. The Kier molecular flexibility index (Phi) is 3.61. The number of rotatable bonds is 1. The maximum absolute atomic E-state index is 13.9. The van der Waals surface area contributed by atoms with E-state index in [0.29, 0.717) is 22.1 Å². The number of anilines is 1. The maximum atomic E-state index is 13.9. The Hall–Kier alpha value is -1.62. The van der Waals surface area contributed by atoms with Crippen molar-refractivity contribution in [1.29, 1.82) is 0 Å². The van der Waals surface area contributed by atoms with E-state index >= 15 is 0 Å². The highest BCUT2D eigenvalue weighted by atomic mass is 32.1. The first-order valence-electron chi connectivity index (χ1n) is 7.24. The molecule has 1 aliphatic rings. The minimum atomic E-state index is -0.360. The molecular formula is C16H19FN2OS. The van der Waals surface area contributed by atoms with Gasteiger partial charge in [-0.2, -0.15) is 0 Å². The average Bonchev–Trinajstić information content (AvgIpc) is 2.80. The minimum absolute atomic E-state index is 0.0631. The molecule has 21 heavy (non-hydrogen) atoms. The second-order valence-corrected chi connectivity index (χ2v) is 7.00. The van der Waals surface area contributed by atoms with Crippen LogP contribution in [0.3, 0.4) is 0 Å². The third-order valence-electron chi connectivity index (χ3n) is 4.52. The second-order valence-electron chi connectivity index (χ2n) is 5.95. The average molecular weight is 306 g/mol. The van der Waals surface area contributed by atoms with Gasteiger partial charge in [-0.25, -0.2) is 4.39 Å². The first kappa shape index (κ1) is 14.3. The van der Waals surface area contributed by atoms with Crippen LogP contribution in [0.4, 0.5) is 10.1 Å². The minimum Gasteiger partial charge on any atom is -0.397 e. The predicted molar refractivity (Wildman–Crippen MR) is 85.0 cm³/mol. The molecule has 0 spiro atoms. The summed E-state index contributed by atoms with van der Waals surface area (Å²) in [6.07, 6.45) is 1.01. The van der Waals surface area contributed by atoms with Gasteiger partial charge in [0.2, 0.25) is 0 Å². The summed E-state index contributed by atoms with van der Waals surface area (Å²) < 4.78 is 14.6. The number of piperidine rings is 1. The Labute approximate surface area is 127 Å². The number of likely N-dealkylation sites (tertiary alicyclic amines) is 1. The van der Waals surface area contributed by atoms with E-state index in [-0.39, 0.29) is 17.4 Å². The van der Waals surface area contributed by atoms with Gasteiger partial charge in [-0.05, 0) is 30.4 Å². The molecule has 2 atom stereocenters. The van der Waals surface area contributed by atoms with E-state index in [4.69, 9.17) is 5.73 Å². The van der Waals surface area contributed by atoms with Crippen molar-refractivity contribution in [3.05, 3.63) is 28.9 Å². The smallest absolute Gasteiger partial charge is 0.266 e. The van der Waals surface area contributed by atoms with Gasteiger partial charge in [0.05, 0.1) is 11.1 Å². The van der Waals surface area contributed by atoms with Crippen molar-refractivity contribution < 1.29 is 9.18 Å². The highest BCUT2D eigenvalue weighted by Gasteiger charge is 2.29. The number of nitrogens with two attached hydrogens (primary N) is 1. The van der Waals surface area contributed by atoms with Crippen LogP contribution in [-0.4, -0.2) is 23.9 Å². The van der Waals surface area contributed by atoms with Gasteiger partial charge >= 0.3 is 0 Å². The number of carbonyl (C=O) groups excluding carboxylic acids is 1. The molecule has 1 aromatic heterocycles. The maximum Gasteiger partial charge on any atom is 0.266 e. The Balaban J connectivity index is 1.95. The van der Waals surface area contributed by atoms with Crippen LogP contribution >= 0.6 is 11.3 Å². The topological polar surface area (TPSA) is 46.3 Å². The van der Waals surface area contributed by atoms with Gasteiger partial charge in [-0.3, -0.25) is 4.79 Å². The molecule has 1 aromatic carbocycles. The zero-order chi connectivity index (χ0) is 15.1.